The van der Waals surface area contributed by atoms with E-state index >= 15 is 0 Å². The van der Waals surface area contributed by atoms with E-state index < -0.39 is 42.2 Å². The van der Waals surface area contributed by atoms with Crippen LogP contribution in [0.3, 0.4) is 0 Å². The highest BCUT2D eigenvalue weighted by Gasteiger charge is 2.36. The van der Waals surface area contributed by atoms with Crippen molar-refractivity contribution in [1.82, 2.24) is 25.6 Å². The number of benzene rings is 6. The van der Waals surface area contributed by atoms with Crippen molar-refractivity contribution >= 4 is 99.9 Å². The molecule has 3 heterocycles. The molecule has 3 aliphatic heterocycles. The molecule has 0 saturated carbocycles. The van der Waals surface area contributed by atoms with Crippen molar-refractivity contribution in [2.45, 2.75) is 131 Å². The molecule has 0 fully saturated rings. The minimum atomic E-state index is -0.732. The third kappa shape index (κ3) is 30.2. The Morgan fingerprint density at radius 3 is 1.43 bits per heavy atom. The van der Waals surface area contributed by atoms with Gasteiger partial charge in [0.05, 0.1) is 12.3 Å². The number of carbonyl (C=O) groups excluding carboxylic acids is 7. The summed E-state index contributed by atoms with van der Waals surface area (Å²) in [6.45, 7) is 23.9. The number of carbonyl (C=O) groups is 7. The van der Waals surface area contributed by atoms with E-state index in [0.717, 1.165) is 39.8 Å². The van der Waals surface area contributed by atoms with Gasteiger partial charge in [-0.3, -0.25) is 4.31 Å². The smallest absolute Gasteiger partial charge is 0.425 e. The van der Waals surface area contributed by atoms with Crippen LogP contribution in [0.2, 0.25) is 0 Å². The number of amides is 5. The van der Waals surface area contributed by atoms with Gasteiger partial charge in [0, 0.05) is 103 Å². The van der Waals surface area contributed by atoms with Gasteiger partial charge in [-0.1, -0.05) is 89.2 Å². The predicted molar refractivity (Wildman–Crippen MR) is 392 cm³/mol. The molecule has 29 heteroatoms. The molecule has 6 aromatic rings. The lowest BCUT2D eigenvalue weighted by molar-refractivity contribution is -0.141. The van der Waals surface area contributed by atoms with Crippen molar-refractivity contribution in [1.29, 1.82) is 0 Å². The highest BCUT2D eigenvalue weighted by Crippen LogP contribution is 2.46. The Morgan fingerprint density at radius 1 is 0.530 bits per heavy atom. The Morgan fingerprint density at radius 2 is 0.950 bits per heavy atom. The van der Waals surface area contributed by atoms with Crippen LogP contribution in [0, 0.1) is 0 Å². The number of thioether (sulfide) groups is 2. The molecule has 0 radical (unpaired) electrons. The van der Waals surface area contributed by atoms with Crippen LogP contribution in [0.1, 0.15) is 101 Å². The summed E-state index contributed by atoms with van der Waals surface area (Å²) in [6.07, 6.45) is 6.57. The van der Waals surface area contributed by atoms with Crippen molar-refractivity contribution in [2.75, 3.05) is 54.0 Å². The number of oxime groups is 2. The zero-order chi connectivity index (χ0) is 75.0. The molecule has 100 heavy (non-hydrogen) atoms. The molecule has 0 spiro atoms. The number of nitrogens with one attached hydrogen (secondary N) is 4. The Hall–Kier alpha value is -9.74. The summed E-state index contributed by atoms with van der Waals surface area (Å²) in [4.78, 5) is 85.2. The molecule has 6 aromatic carbocycles. The average Bonchev–Trinajstić information content (AvgIpc) is 1.65. The van der Waals surface area contributed by atoms with Gasteiger partial charge in [-0.15, -0.1) is 11.8 Å². The first-order valence-electron chi connectivity index (χ1n) is 31.0. The minimum Gasteiger partial charge on any atom is -0.487 e. The fraction of sp³-hybridized carbons (Fsp3) is 0.394. The second-order valence-electron chi connectivity index (χ2n) is 23.5. The van der Waals surface area contributed by atoms with Crippen LogP contribution >= 0.6 is 35.5 Å². The molecule has 544 valence electrons. The van der Waals surface area contributed by atoms with Crippen molar-refractivity contribution in [2.24, 2.45) is 10.3 Å². The van der Waals surface area contributed by atoms with Crippen molar-refractivity contribution in [3.05, 3.63) is 132 Å². The quantitative estimate of drug-likeness (QED) is 0.0291. The molecular formula is C71H93N7O19S3. The van der Waals surface area contributed by atoms with Crippen LogP contribution in [0.4, 0.5) is 24.0 Å². The first-order valence-corrected chi connectivity index (χ1v) is 34.7. The summed E-state index contributed by atoms with van der Waals surface area (Å²) >= 11 is 4.38. The van der Waals surface area contributed by atoms with Crippen LogP contribution in [0.25, 0.3) is 10.8 Å². The largest absolute Gasteiger partial charge is 0.487 e. The van der Waals surface area contributed by atoms with Gasteiger partial charge in [0.25, 0.3) is 0 Å². The lowest BCUT2D eigenvalue weighted by atomic mass is 10.0. The summed E-state index contributed by atoms with van der Waals surface area (Å²) in [5.74, 6) is 3.76. The van der Waals surface area contributed by atoms with Crippen LogP contribution in [0.15, 0.2) is 132 Å². The maximum atomic E-state index is 11.7. The van der Waals surface area contributed by atoms with Gasteiger partial charge in [0.1, 0.15) is 22.0 Å². The lowest BCUT2D eigenvalue weighted by Crippen LogP contribution is -2.30. The standard InChI is InChI=1S/C13H17NO3S.C12H15NO3.C12H11NO2.C11H13NO4.C11H15NO3.C7H13NO2S.C5H9NO2S/c1-13(2)8-9-6-5-7-10(11(9)17-13)16-12(15)14(3)18-4;1-12(2)7-8-5-4-6-9(10(8)16-12)15-11(14)13-3;1-13-12(14)15-11-8-4-6-9-5-2-3-7-10(9)11;1-11(2)15-8-6-4-5-7(9(8)16-11)14-10(13)12-3;1-8(2)14-9-6-4-5-7-10(9)15-11(13)12-3;1-6(9)10-8-5-7(2,3)11-4;1-4(9-3)6-8-5(2)7/h5-7H,8H2,1-4H3;4-6H,7H2,1-3H3,(H,13,14);2-8H,1H3,(H,13,14);4-6H,1-3H3,(H,12,13);4-8H,1-3H3,(H,12,13);5H,1-4H3;1-3H3/b;;;;;8-5+;6-4+. The summed E-state index contributed by atoms with van der Waals surface area (Å²) in [5.41, 5.74) is 1.68. The number of para-hydroxylation sites is 5. The Bertz CT molecular complexity index is 3680. The van der Waals surface area contributed by atoms with Crippen LogP contribution < -0.4 is 68.6 Å². The molecule has 0 bridgehead atoms. The molecule has 4 N–H and O–H groups in total. The number of hydrogen-bond donors (Lipinski definition) is 4. The van der Waals surface area contributed by atoms with Crippen LogP contribution in [-0.4, -0.2) is 140 Å². The Labute approximate surface area is 598 Å². The topological polar surface area (TPSA) is 306 Å². The number of ether oxygens (including phenoxy) is 10. The molecule has 0 aromatic heterocycles. The second kappa shape index (κ2) is 41.0. The molecule has 0 atom stereocenters. The maximum absolute atomic E-state index is 11.7. The molecule has 0 aliphatic carbocycles. The van der Waals surface area contributed by atoms with Gasteiger partial charge in [0.15, 0.2) is 46.0 Å². The lowest BCUT2D eigenvalue weighted by Gasteiger charge is -2.18. The van der Waals surface area contributed by atoms with E-state index in [2.05, 4.69) is 41.3 Å². The molecule has 3 aliphatic rings. The SMILES string of the molecule is CNC(=O)Oc1cccc2c1OC(C)(C)C2.CNC(=O)Oc1cccc2c1OC(C)(C)O2.CNC(=O)Oc1cccc2ccccc12.CNC(=O)Oc1ccccc1OC(C)C.CS/C(C)=N/OC(C)=O.CSC(C)(C)/C=N/OC(C)=O.CSN(C)C(=O)Oc1cccc2c1OC(C)(C)C2. The zero-order valence-electron chi connectivity index (χ0n) is 60.4. The van der Waals surface area contributed by atoms with E-state index in [1.807, 2.05) is 141 Å². The van der Waals surface area contributed by atoms with E-state index in [1.165, 1.54) is 70.1 Å². The van der Waals surface area contributed by atoms with Gasteiger partial charge >= 0.3 is 42.4 Å². The second-order valence-corrected chi connectivity index (χ2v) is 26.8. The molecule has 0 unspecified atom stereocenters. The predicted octanol–water partition coefficient (Wildman–Crippen LogP) is 14.8. The van der Waals surface area contributed by atoms with Crippen LogP contribution in [-0.2, 0) is 32.1 Å². The molecule has 0 saturated heterocycles. The third-order valence-electron chi connectivity index (χ3n) is 12.7. The average molecular weight is 1440 g/mol. The van der Waals surface area contributed by atoms with Crippen molar-refractivity contribution in [3.63, 3.8) is 0 Å². The fourth-order valence-electron chi connectivity index (χ4n) is 8.08. The van der Waals surface area contributed by atoms with Crippen molar-refractivity contribution in [3.8, 4) is 57.5 Å². The summed E-state index contributed by atoms with van der Waals surface area (Å²) < 4.78 is 55.2. The van der Waals surface area contributed by atoms with Gasteiger partial charge < -0.3 is 78.3 Å². The third-order valence-corrected chi connectivity index (χ3v) is 15.3. The molecule has 26 nitrogen and oxygen atoms in total. The van der Waals surface area contributed by atoms with Crippen molar-refractivity contribution < 1.29 is 90.6 Å². The Balaban J connectivity index is 0.000000306. The van der Waals surface area contributed by atoms with Crippen LogP contribution in [0.5, 0.6) is 57.5 Å². The summed E-state index contributed by atoms with van der Waals surface area (Å²) in [7, 11) is 7.73. The highest BCUT2D eigenvalue weighted by atomic mass is 32.2. The number of nitrogens with zero attached hydrogens (tertiary/aromatic N) is 3. The number of fused-ring (bicyclic) bond motifs is 4. The molecule has 5 amide bonds. The number of hydrogen-bond acceptors (Lipinski definition) is 24. The van der Waals surface area contributed by atoms with E-state index in [1.54, 1.807) is 100 Å². The Kier molecular flexibility index (Phi) is 34.6. The van der Waals surface area contributed by atoms with E-state index in [9.17, 15) is 33.6 Å². The fourth-order valence-corrected chi connectivity index (χ4v) is 8.52. The number of rotatable bonds is 12. The van der Waals surface area contributed by atoms with E-state index in [-0.39, 0.29) is 28.0 Å². The maximum Gasteiger partial charge on any atom is 0.425 e. The molecular weight excluding hydrogens is 1350 g/mol. The minimum absolute atomic E-state index is 0.0411. The van der Waals surface area contributed by atoms with Gasteiger partial charge in [-0.2, -0.15) is 11.8 Å². The van der Waals surface area contributed by atoms with E-state index in [0.29, 0.717) is 57.5 Å². The van der Waals surface area contributed by atoms with Gasteiger partial charge in [-0.25, -0.2) is 33.6 Å². The first-order chi connectivity index (χ1) is 47.0. The van der Waals surface area contributed by atoms with E-state index in [4.69, 9.17) is 47.4 Å². The first kappa shape index (κ1) is 84.5. The van der Waals surface area contributed by atoms with Gasteiger partial charge in [-0.05, 0) is 135 Å². The summed E-state index contributed by atoms with van der Waals surface area (Å²) in [6, 6.07) is 36.8. The monoisotopic (exact) mass is 1440 g/mol. The normalized spacial score (nSPS) is 13.2. The molecule has 9 rings (SSSR count). The zero-order valence-corrected chi connectivity index (χ0v) is 62.9. The van der Waals surface area contributed by atoms with Gasteiger partial charge in [0.2, 0.25) is 11.5 Å². The summed E-state index contributed by atoms with van der Waals surface area (Å²) in [5, 5.41) is 19.3. The highest BCUT2D eigenvalue weighted by molar-refractivity contribution is 8.13.